The molecule has 1 fully saturated rings. The number of carbonyl (C=O) groups is 1. The lowest BCUT2D eigenvalue weighted by Crippen LogP contribution is -2.05. The van der Waals surface area contributed by atoms with Crippen LogP contribution in [0.1, 0.15) is 34.6 Å². The highest BCUT2D eigenvalue weighted by Crippen LogP contribution is 2.59. The van der Waals surface area contributed by atoms with Gasteiger partial charge in [0.1, 0.15) is 0 Å². The SMILES string of the molecule is CC(=O)OCC1C(C=C(C)C)C1(C)C. The van der Waals surface area contributed by atoms with Crippen LogP contribution in [-0.4, -0.2) is 12.6 Å². The minimum atomic E-state index is -0.177. The Labute approximate surface area is 86.3 Å². The molecule has 2 nitrogen and oxygen atoms in total. The Morgan fingerprint density at radius 3 is 2.36 bits per heavy atom. The highest BCUT2D eigenvalue weighted by atomic mass is 16.5. The number of carbonyl (C=O) groups excluding carboxylic acids is 1. The standard InChI is InChI=1S/C12H20O2/c1-8(2)6-10-11(12(10,4)5)7-14-9(3)13/h6,10-11H,7H2,1-5H3. The second kappa shape index (κ2) is 3.76. The summed E-state index contributed by atoms with van der Waals surface area (Å²) in [6.07, 6.45) is 2.29. The maximum Gasteiger partial charge on any atom is 0.302 e. The van der Waals surface area contributed by atoms with Crippen LogP contribution in [0.3, 0.4) is 0 Å². The summed E-state index contributed by atoms with van der Waals surface area (Å²) in [5.74, 6) is 0.900. The van der Waals surface area contributed by atoms with Gasteiger partial charge in [-0.05, 0) is 25.2 Å². The Hall–Kier alpha value is -0.790. The molecule has 0 aromatic rings. The van der Waals surface area contributed by atoms with Crippen LogP contribution >= 0.6 is 0 Å². The number of allylic oxidation sites excluding steroid dienone is 2. The Kier molecular flexibility index (Phi) is 3.03. The van der Waals surface area contributed by atoms with Crippen molar-refractivity contribution in [2.45, 2.75) is 34.6 Å². The minimum Gasteiger partial charge on any atom is -0.466 e. The second-order valence-corrected chi connectivity index (χ2v) is 5.00. The Balaban J connectivity index is 2.49. The predicted molar refractivity (Wildman–Crippen MR) is 56.8 cm³/mol. The van der Waals surface area contributed by atoms with Crippen molar-refractivity contribution in [2.24, 2.45) is 17.3 Å². The summed E-state index contributed by atoms with van der Waals surface area (Å²) >= 11 is 0. The van der Waals surface area contributed by atoms with E-state index in [1.165, 1.54) is 12.5 Å². The van der Waals surface area contributed by atoms with Crippen molar-refractivity contribution < 1.29 is 9.53 Å². The summed E-state index contributed by atoms with van der Waals surface area (Å²) in [5.41, 5.74) is 1.64. The normalized spacial score (nSPS) is 28.1. The zero-order chi connectivity index (χ0) is 10.9. The van der Waals surface area contributed by atoms with Crippen molar-refractivity contribution in [1.29, 1.82) is 0 Å². The summed E-state index contributed by atoms with van der Waals surface area (Å²) in [7, 11) is 0. The summed E-state index contributed by atoms with van der Waals surface area (Å²) in [6, 6.07) is 0. The van der Waals surface area contributed by atoms with E-state index in [1.807, 2.05) is 0 Å². The largest absolute Gasteiger partial charge is 0.466 e. The van der Waals surface area contributed by atoms with Gasteiger partial charge in [-0.1, -0.05) is 25.5 Å². The summed E-state index contributed by atoms with van der Waals surface area (Å²) in [5, 5.41) is 0. The van der Waals surface area contributed by atoms with Crippen molar-refractivity contribution in [3.8, 4) is 0 Å². The van der Waals surface area contributed by atoms with E-state index >= 15 is 0 Å². The summed E-state index contributed by atoms with van der Waals surface area (Å²) < 4.78 is 5.05. The molecule has 0 radical (unpaired) electrons. The molecule has 1 aliphatic carbocycles. The molecule has 0 aromatic carbocycles. The van der Waals surface area contributed by atoms with Gasteiger partial charge in [0.05, 0.1) is 6.61 Å². The van der Waals surface area contributed by atoms with Crippen LogP contribution in [0.15, 0.2) is 11.6 Å². The first-order valence-corrected chi connectivity index (χ1v) is 5.14. The van der Waals surface area contributed by atoms with Crippen molar-refractivity contribution in [3.63, 3.8) is 0 Å². The van der Waals surface area contributed by atoms with Gasteiger partial charge in [-0.2, -0.15) is 0 Å². The average molecular weight is 196 g/mol. The van der Waals surface area contributed by atoms with E-state index in [0.29, 0.717) is 23.9 Å². The number of hydrogen-bond donors (Lipinski definition) is 0. The summed E-state index contributed by atoms with van der Waals surface area (Å²) in [6.45, 7) is 10.7. The zero-order valence-electron chi connectivity index (χ0n) is 9.76. The van der Waals surface area contributed by atoms with Gasteiger partial charge in [0.15, 0.2) is 0 Å². The molecule has 0 aromatic heterocycles. The molecule has 0 spiro atoms. The Morgan fingerprint density at radius 1 is 1.36 bits per heavy atom. The first-order chi connectivity index (χ1) is 6.35. The third kappa shape index (κ3) is 2.37. The van der Waals surface area contributed by atoms with Gasteiger partial charge in [-0.25, -0.2) is 0 Å². The first-order valence-electron chi connectivity index (χ1n) is 5.14. The van der Waals surface area contributed by atoms with E-state index in [9.17, 15) is 4.79 Å². The topological polar surface area (TPSA) is 26.3 Å². The smallest absolute Gasteiger partial charge is 0.302 e. The zero-order valence-corrected chi connectivity index (χ0v) is 9.76. The van der Waals surface area contributed by atoms with Gasteiger partial charge < -0.3 is 4.74 Å². The van der Waals surface area contributed by atoms with Crippen LogP contribution in [0.2, 0.25) is 0 Å². The van der Waals surface area contributed by atoms with E-state index in [2.05, 4.69) is 33.8 Å². The molecule has 0 amide bonds. The molecule has 0 aliphatic heterocycles. The van der Waals surface area contributed by atoms with Crippen LogP contribution in [0, 0.1) is 17.3 Å². The van der Waals surface area contributed by atoms with Gasteiger partial charge in [-0.15, -0.1) is 0 Å². The van der Waals surface area contributed by atoms with E-state index in [-0.39, 0.29) is 5.97 Å². The van der Waals surface area contributed by atoms with Crippen LogP contribution in [0.5, 0.6) is 0 Å². The van der Waals surface area contributed by atoms with E-state index in [0.717, 1.165) is 0 Å². The molecule has 1 saturated carbocycles. The van der Waals surface area contributed by atoms with Crippen LogP contribution in [0.25, 0.3) is 0 Å². The lowest BCUT2D eigenvalue weighted by Gasteiger charge is -2.02. The fraction of sp³-hybridized carbons (Fsp3) is 0.750. The highest BCUT2D eigenvalue weighted by molar-refractivity contribution is 5.65. The molecule has 0 N–H and O–H groups in total. The van der Waals surface area contributed by atoms with Crippen molar-refractivity contribution >= 4 is 5.97 Å². The van der Waals surface area contributed by atoms with Crippen LogP contribution in [-0.2, 0) is 9.53 Å². The molecular formula is C12H20O2. The highest BCUT2D eigenvalue weighted by Gasteiger charge is 2.56. The van der Waals surface area contributed by atoms with Crippen molar-refractivity contribution in [3.05, 3.63) is 11.6 Å². The monoisotopic (exact) mass is 196 g/mol. The molecule has 0 heterocycles. The quantitative estimate of drug-likeness (QED) is 0.512. The molecule has 80 valence electrons. The fourth-order valence-corrected chi connectivity index (χ4v) is 2.00. The number of rotatable bonds is 3. The second-order valence-electron chi connectivity index (χ2n) is 5.00. The third-order valence-electron chi connectivity index (χ3n) is 3.12. The van der Waals surface area contributed by atoms with E-state index in [1.54, 1.807) is 0 Å². The van der Waals surface area contributed by atoms with Gasteiger partial charge in [0, 0.05) is 12.8 Å². The number of esters is 1. The Morgan fingerprint density at radius 2 is 1.93 bits per heavy atom. The lowest BCUT2D eigenvalue weighted by atomic mass is 10.1. The minimum absolute atomic E-state index is 0.177. The molecule has 0 bridgehead atoms. The average Bonchev–Trinajstić information content (AvgIpc) is 2.48. The van der Waals surface area contributed by atoms with E-state index < -0.39 is 0 Å². The fourth-order valence-electron chi connectivity index (χ4n) is 2.00. The maximum absolute atomic E-state index is 10.7. The van der Waals surface area contributed by atoms with E-state index in [4.69, 9.17) is 4.74 Å². The first kappa shape index (κ1) is 11.3. The number of ether oxygens (including phenoxy) is 1. The van der Waals surface area contributed by atoms with Crippen molar-refractivity contribution in [1.82, 2.24) is 0 Å². The lowest BCUT2D eigenvalue weighted by molar-refractivity contribution is -0.141. The third-order valence-corrected chi connectivity index (χ3v) is 3.12. The number of hydrogen-bond acceptors (Lipinski definition) is 2. The molecule has 2 unspecified atom stereocenters. The van der Waals surface area contributed by atoms with Gasteiger partial charge in [0.2, 0.25) is 0 Å². The van der Waals surface area contributed by atoms with Crippen LogP contribution < -0.4 is 0 Å². The maximum atomic E-state index is 10.7. The molecule has 2 heteroatoms. The Bertz CT molecular complexity index is 259. The van der Waals surface area contributed by atoms with Crippen LogP contribution in [0.4, 0.5) is 0 Å². The van der Waals surface area contributed by atoms with Crippen molar-refractivity contribution in [2.75, 3.05) is 6.61 Å². The summed E-state index contributed by atoms with van der Waals surface area (Å²) in [4.78, 5) is 10.7. The molecule has 1 aliphatic rings. The van der Waals surface area contributed by atoms with Gasteiger partial charge in [0.25, 0.3) is 0 Å². The predicted octanol–water partition coefficient (Wildman–Crippen LogP) is 2.79. The molecular weight excluding hydrogens is 176 g/mol. The molecule has 0 saturated heterocycles. The van der Waals surface area contributed by atoms with Gasteiger partial charge >= 0.3 is 5.97 Å². The van der Waals surface area contributed by atoms with Gasteiger partial charge in [-0.3, -0.25) is 4.79 Å². The molecule has 1 rings (SSSR count). The molecule has 2 atom stereocenters. The molecule has 14 heavy (non-hydrogen) atoms.